The number of esters is 1. The van der Waals surface area contributed by atoms with Gasteiger partial charge in [0.15, 0.2) is 5.58 Å². The largest absolute Gasteiger partial charge is 0.465 e. The Kier molecular flexibility index (Phi) is 4.56. The Hall–Kier alpha value is -3.41. The lowest BCUT2D eigenvalue weighted by molar-refractivity contribution is 0.0600. The summed E-state index contributed by atoms with van der Waals surface area (Å²) in [5.41, 5.74) is 0.646. The summed E-state index contributed by atoms with van der Waals surface area (Å²) in [6.07, 6.45) is -0.748. The maximum atomic E-state index is 11.5. The third kappa shape index (κ3) is 3.44. The van der Waals surface area contributed by atoms with Gasteiger partial charge in [-0.05, 0) is 18.2 Å². The normalized spacial score (nSPS) is 11.0. The molecule has 2 aromatic rings. The zero-order valence-electron chi connectivity index (χ0n) is 12.6. The summed E-state index contributed by atoms with van der Waals surface area (Å²) in [5, 5.41) is 12.5. The van der Waals surface area contributed by atoms with Gasteiger partial charge in [0, 0.05) is 14.1 Å². The summed E-state index contributed by atoms with van der Waals surface area (Å²) in [6, 6.07) is 6.20. The quantitative estimate of drug-likeness (QED) is 0.364. The van der Waals surface area contributed by atoms with Crippen molar-refractivity contribution in [2.24, 2.45) is 5.16 Å². The number of amides is 1. The second-order valence-corrected chi connectivity index (χ2v) is 4.50. The van der Waals surface area contributed by atoms with Crippen molar-refractivity contribution in [3.05, 3.63) is 29.7 Å². The van der Waals surface area contributed by atoms with Crippen molar-refractivity contribution >= 4 is 28.9 Å². The van der Waals surface area contributed by atoms with Crippen LogP contribution in [0.1, 0.15) is 16.2 Å². The lowest BCUT2D eigenvalue weighted by Crippen LogP contribution is -2.21. The molecule has 0 spiro atoms. The number of oxime groups is 1. The predicted octanol–water partition coefficient (Wildman–Crippen LogP) is 1.54. The van der Waals surface area contributed by atoms with E-state index >= 15 is 0 Å². The van der Waals surface area contributed by atoms with E-state index in [0.717, 1.165) is 4.90 Å². The first-order chi connectivity index (χ1) is 11.0. The molecule has 0 N–H and O–H groups in total. The molecule has 2 rings (SSSR count). The Morgan fingerprint density at radius 2 is 2.13 bits per heavy atom. The van der Waals surface area contributed by atoms with Crippen LogP contribution in [0, 0.1) is 11.3 Å². The van der Waals surface area contributed by atoms with Crippen LogP contribution in [0.15, 0.2) is 27.8 Å². The molecular formula is C14H12N4O5. The standard InChI is InChI=1S/C14H12N4O5/c1-18(2)14(20)23-17-10(7-15)12-16-9-5-4-8(13(19)21-3)6-11(9)22-12/h4-6H,1-3H3/b17-10+. The number of hydrogen-bond donors (Lipinski definition) is 0. The molecule has 0 aliphatic heterocycles. The highest BCUT2D eigenvalue weighted by atomic mass is 16.7. The molecule has 1 aromatic heterocycles. The molecule has 1 amide bonds. The van der Waals surface area contributed by atoms with Gasteiger partial charge in [0.2, 0.25) is 5.71 Å². The second kappa shape index (κ2) is 6.57. The van der Waals surface area contributed by atoms with Gasteiger partial charge in [-0.1, -0.05) is 5.16 Å². The van der Waals surface area contributed by atoms with Crippen LogP contribution in [-0.2, 0) is 9.57 Å². The fourth-order valence-corrected chi connectivity index (χ4v) is 1.54. The number of ether oxygens (including phenoxy) is 1. The van der Waals surface area contributed by atoms with Crippen LogP contribution in [0.3, 0.4) is 0 Å². The molecule has 0 saturated heterocycles. The van der Waals surface area contributed by atoms with E-state index < -0.39 is 12.1 Å². The van der Waals surface area contributed by atoms with Crippen molar-refractivity contribution in [3.8, 4) is 6.07 Å². The van der Waals surface area contributed by atoms with Crippen LogP contribution in [0.2, 0.25) is 0 Å². The van der Waals surface area contributed by atoms with Crippen molar-refractivity contribution in [1.29, 1.82) is 5.26 Å². The van der Waals surface area contributed by atoms with Crippen LogP contribution >= 0.6 is 0 Å². The fourth-order valence-electron chi connectivity index (χ4n) is 1.54. The van der Waals surface area contributed by atoms with Gasteiger partial charge in [-0.25, -0.2) is 14.6 Å². The first-order valence-corrected chi connectivity index (χ1v) is 6.32. The first-order valence-electron chi connectivity index (χ1n) is 6.32. The molecule has 1 heterocycles. The van der Waals surface area contributed by atoms with Gasteiger partial charge in [-0.2, -0.15) is 5.26 Å². The second-order valence-electron chi connectivity index (χ2n) is 4.50. The van der Waals surface area contributed by atoms with Crippen molar-refractivity contribution in [2.75, 3.05) is 21.2 Å². The molecule has 0 radical (unpaired) electrons. The highest BCUT2D eigenvalue weighted by Gasteiger charge is 2.16. The van der Waals surface area contributed by atoms with Gasteiger partial charge in [0.1, 0.15) is 11.6 Å². The fraction of sp³-hybridized carbons (Fsp3) is 0.214. The maximum Gasteiger partial charge on any atom is 0.435 e. The number of nitrogens with zero attached hydrogens (tertiary/aromatic N) is 4. The summed E-state index contributed by atoms with van der Waals surface area (Å²) in [5.74, 6) is -0.657. The average Bonchev–Trinajstić information content (AvgIpc) is 2.97. The zero-order chi connectivity index (χ0) is 17.0. The molecule has 1 aromatic carbocycles. The van der Waals surface area contributed by atoms with Gasteiger partial charge < -0.3 is 14.1 Å². The smallest absolute Gasteiger partial charge is 0.435 e. The van der Waals surface area contributed by atoms with Crippen LogP contribution in [0.5, 0.6) is 0 Å². The number of nitriles is 1. The monoisotopic (exact) mass is 316 g/mol. The molecule has 9 heteroatoms. The lowest BCUT2D eigenvalue weighted by atomic mass is 10.2. The van der Waals surface area contributed by atoms with Crippen molar-refractivity contribution in [2.45, 2.75) is 0 Å². The number of fused-ring (bicyclic) bond motifs is 1. The third-order valence-corrected chi connectivity index (χ3v) is 2.70. The van der Waals surface area contributed by atoms with E-state index in [1.165, 1.54) is 39.4 Å². The van der Waals surface area contributed by atoms with E-state index in [0.29, 0.717) is 5.52 Å². The SMILES string of the molecule is COC(=O)c1ccc2nc(/C(C#N)=N/OC(=O)N(C)C)oc2c1. The number of aromatic nitrogens is 1. The topological polar surface area (TPSA) is 118 Å². The molecule has 0 aliphatic rings. The van der Waals surface area contributed by atoms with E-state index in [4.69, 9.17) is 9.68 Å². The Labute approximate surface area is 130 Å². The number of hydrogen-bond acceptors (Lipinski definition) is 8. The number of benzene rings is 1. The minimum Gasteiger partial charge on any atom is -0.465 e. The van der Waals surface area contributed by atoms with Crippen molar-refractivity contribution in [1.82, 2.24) is 9.88 Å². The van der Waals surface area contributed by atoms with Crippen LogP contribution in [-0.4, -0.2) is 48.9 Å². The summed E-state index contributed by atoms with van der Waals surface area (Å²) < 4.78 is 9.98. The van der Waals surface area contributed by atoms with Crippen LogP contribution in [0.25, 0.3) is 11.1 Å². The molecular weight excluding hydrogens is 304 g/mol. The summed E-state index contributed by atoms with van der Waals surface area (Å²) in [4.78, 5) is 32.5. The Morgan fingerprint density at radius 1 is 1.39 bits per heavy atom. The van der Waals surface area contributed by atoms with Crippen LogP contribution in [0.4, 0.5) is 4.79 Å². The third-order valence-electron chi connectivity index (χ3n) is 2.70. The number of carbonyl (C=O) groups is 2. The minimum atomic E-state index is -0.748. The first kappa shape index (κ1) is 16.0. The number of rotatable bonds is 3. The molecule has 118 valence electrons. The minimum absolute atomic E-state index is 0.129. The summed E-state index contributed by atoms with van der Waals surface area (Å²) >= 11 is 0. The molecule has 23 heavy (non-hydrogen) atoms. The van der Waals surface area contributed by atoms with Crippen molar-refractivity contribution in [3.63, 3.8) is 0 Å². The highest BCUT2D eigenvalue weighted by molar-refractivity contribution is 6.09. The van der Waals surface area contributed by atoms with Gasteiger partial charge in [-0.3, -0.25) is 4.84 Å². The maximum absolute atomic E-state index is 11.5. The zero-order valence-corrected chi connectivity index (χ0v) is 12.6. The van der Waals surface area contributed by atoms with E-state index in [-0.39, 0.29) is 22.7 Å². The summed E-state index contributed by atoms with van der Waals surface area (Å²) in [7, 11) is 4.20. The predicted molar refractivity (Wildman–Crippen MR) is 77.7 cm³/mol. The van der Waals surface area contributed by atoms with Crippen LogP contribution < -0.4 is 0 Å². The average molecular weight is 316 g/mol. The van der Waals surface area contributed by atoms with E-state index in [1.54, 1.807) is 6.07 Å². The Bertz CT molecular complexity index is 831. The van der Waals surface area contributed by atoms with Gasteiger partial charge in [0.05, 0.1) is 12.7 Å². The highest BCUT2D eigenvalue weighted by Crippen LogP contribution is 2.18. The molecule has 0 fully saturated rings. The number of methoxy groups -OCH3 is 1. The molecule has 0 unspecified atom stereocenters. The molecule has 0 bridgehead atoms. The van der Waals surface area contributed by atoms with E-state index in [9.17, 15) is 9.59 Å². The van der Waals surface area contributed by atoms with E-state index in [1.807, 2.05) is 0 Å². The summed E-state index contributed by atoms with van der Waals surface area (Å²) in [6.45, 7) is 0. The molecule has 0 aliphatic carbocycles. The number of carbonyl (C=O) groups excluding carboxylic acids is 2. The Balaban J connectivity index is 2.35. The van der Waals surface area contributed by atoms with Crippen molar-refractivity contribution < 1.29 is 23.6 Å². The van der Waals surface area contributed by atoms with Gasteiger partial charge >= 0.3 is 12.1 Å². The van der Waals surface area contributed by atoms with E-state index in [2.05, 4.69) is 19.7 Å². The molecule has 0 atom stereocenters. The van der Waals surface area contributed by atoms with Gasteiger partial charge in [0.25, 0.3) is 5.89 Å². The Morgan fingerprint density at radius 3 is 2.74 bits per heavy atom. The van der Waals surface area contributed by atoms with Gasteiger partial charge in [-0.15, -0.1) is 0 Å². The molecule has 0 saturated carbocycles. The lowest BCUT2D eigenvalue weighted by Gasteiger charge is -2.05. The molecule has 9 nitrogen and oxygen atoms in total. The number of oxazole rings is 1.